The highest BCUT2D eigenvalue weighted by molar-refractivity contribution is 5.24. The summed E-state index contributed by atoms with van der Waals surface area (Å²) >= 11 is 0. The molecule has 2 N–H and O–H groups in total. The molecule has 0 unspecified atom stereocenters. The fourth-order valence-electron chi connectivity index (χ4n) is 1.59. The summed E-state index contributed by atoms with van der Waals surface area (Å²) in [5, 5.41) is 0. The number of benzene rings is 1. The highest BCUT2D eigenvalue weighted by atomic mass is 14.6. The minimum absolute atomic E-state index is 0.223. The summed E-state index contributed by atoms with van der Waals surface area (Å²) in [5.74, 6) is 0. The van der Waals surface area contributed by atoms with E-state index in [1.807, 2.05) is 0 Å². The molecule has 0 saturated carbocycles. The molecule has 0 spiro atoms. The van der Waals surface area contributed by atoms with Crippen LogP contribution in [0.15, 0.2) is 24.3 Å². The van der Waals surface area contributed by atoms with E-state index in [-0.39, 0.29) is 6.04 Å². The number of hydrogen-bond donors (Lipinski definition) is 1. The molecule has 0 radical (unpaired) electrons. The van der Waals surface area contributed by atoms with Gasteiger partial charge >= 0.3 is 0 Å². The molecule has 0 aliphatic rings. The van der Waals surface area contributed by atoms with Crippen LogP contribution >= 0.6 is 0 Å². The maximum atomic E-state index is 6.07. The number of rotatable bonds is 5. The van der Waals surface area contributed by atoms with Crippen molar-refractivity contribution in [1.82, 2.24) is 0 Å². The summed E-state index contributed by atoms with van der Waals surface area (Å²) in [6, 6.07) is 8.92. The van der Waals surface area contributed by atoms with Gasteiger partial charge in [0.25, 0.3) is 0 Å². The molecule has 1 nitrogen and oxygen atoms in total. The predicted molar refractivity (Wildman–Crippen MR) is 62.3 cm³/mol. The Morgan fingerprint density at radius 3 is 2.29 bits per heavy atom. The van der Waals surface area contributed by atoms with Gasteiger partial charge in [-0.15, -0.1) is 0 Å². The van der Waals surface area contributed by atoms with Crippen LogP contribution in [0, 0.1) is 0 Å². The highest BCUT2D eigenvalue weighted by Gasteiger charge is 2.04. The van der Waals surface area contributed by atoms with Gasteiger partial charge in [-0.05, 0) is 24.0 Å². The minimum atomic E-state index is 0.223. The van der Waals surface area contributed by atoms with Gasteiger partial charge in [-0.25, -0.2) is 0 Å². The van der Waals surface area contributed by atoms with Crippen molar-refractivity contribution < 1.29 is 0 Å². The fourth-order valence-corrected chi connectivity index (χ4v) is 1.59. The van der Waals surface area contributed by atoms with Crippen LogP contribution in [0.1, 0.15) is 50.3 Å². The van der Waals surface area contributed by atoms with E-state index in [1.165, 1.54) is 24.0 Å². The predicted octanol–water partition coefficient (Wildman–Crippen LogP) is 3.44. The van der Waals surface area contributed by atoms with Crippen LogP contribution in [0.25, 0.3) is 0 Å². The van der Waals surface area contributed by atoms with Crippen molar-refractivity contribution >= 4 is 0 Å². The molecule has 0 aliphatic carbocycles. The Morgan fingerprint density at radius 2 is 1.79 bits per heavy atom. The van der Waals surface area contributed by atoms with Gasteiger partial charge in [-0.1, -0.05) is 51.0 Å². The Morgan fingerprint density at radius 1 is 1.14 bits per heavy atom. The molecule has 0 fully saturated rings. The lowest BCUT2D eigenvalue weighted by Crippen LogP contribution is -2.09. The molecule has 14 heavy (non-hydrogen) atoms. The first kappa shape index (κ1) is 11.3. The van der Waals surface area contributed by atoms with Crippen LogP contribution in [0.3, 0.4) is 0 Å². The van der Waals surface area contributed by atoms with Gasteiger partial charge < -0.3 is 5.73 Å². The molecule has 0 heterocycles. The van der Waals surface area contributed by atoms with E-state index in [1.54, 1.807) is 0 Å². The van der Waals surface area contributed by atoms with E-state index in [0.29, 0.717) is 0 Å². The summed E-state index contributed by atoms with van der Waals surface area (Å²) in [5.41, 5.74) is 8.73. The van der Waals surface area contributed by atoms with Gasteiger partial charge in [-0.2, -0.15) is 0 Å². The first-order valence-electron chi connectivity index (χ1n) is 5.62. The average molecular weight is 191 g/mol. The first-order chi connectivity index (χ1) is 6.77. The molecule has 0 amide bonds. The minimum Gasteiger partial charge on any atom is -0.324 e. The summed E-state index contributed by atoms with van der Waals surface area (Å²) in [7, 11) is 0. The largest absolute Gasteiger partial charge is 0.324 e. The van der Waals surface area contributed by atoms with Crippen molar-refractivity contribution in [3.05, 3.63) is 35.4 Å². The SMILES string of the molecule is CCCC[C@H](N)c1ccc(CC)cc1. The van der Waals surface area contributed by atoms with Crippen LogP contribution < -0.4 is 5.73 Å². The number of hydrogen-bond acceptors (Lipinski definition) is 1. The summed E-state index contributed by atoms with van der Waals surface area (Å²) < 4.78 is 0. The van der Waals surface area contributed by atoms with E-state index < -0.39 is 0 Å². The second kappa shape index (κ2) is 5.82. The molecule has 1 atom stereocenters. The Labute approximate surface area is 87.3 Å². The van der Waals surface area contributed by atoms with E-state index >= 15 is 0 Å². The molecule has 0 saturated heterocycles. The average Bonchev–Trinajstić information content (AvgIpc) is 2.26. The Hall–Kier alpha value is -0.820. The zero-order valence-corrected chi connectivity index (χ0v) is 9.29. The lowest BCUT2D eigenvalue weighted by atomic mass is 10.0. The van der Waals surface area contributed by atoms with Crippen molar-refractivity contribution in [3.63, 3.8) is 0 Å². The van der Waals surface area contributed by atoms with Crippen molar-refractivity contribution in [2.24, 2.45) is 5.73 Å². The maximum absolute atomic E-state index is 6.07. The van der Waals surface area contributed by atoms with E-state index in [9.17, 15) is 0 Å². The smallest absolute Gasteiger partial charge is 0.0294 e. The Bertz CT molecular complexity index is 250. The fraction of sp³-hybridized carbons (Fsp3) is 0.538. The van der Waals surface area contributed by atoms with Gasteiger partial charge in [0.1, 0.15) is 0 Å². The second-order valence-electron chi connectivity index (χ2n) is 3.84. The van der Waals surface area contributed by atoms with E-state index in [0.717, 1.165) is 12.8 Å². The third-order valence-electron chi connectivity index (χ3n) is 2.68. The topological polar surface area (TPSA) is 26.0 Å². The summed E-state index contributed by atoms with van der Waals surface area (Å²) in [6.45, 7) is 4.37. The van der Waals surface area contributed by atoms with Crippen molar-refractivity contribution in [2.75, 3.05) is 0 Å². The molecule has 1 aromatic carbocycles. The monoisotopic (exact) mass is 191 g/mol. The Balaban J connectivity index is 2.57. The van der Waals surface area contributed by atoms with Gasteiger partial charge in [0, 0.05) is 6.04 Å². The second-order valence-corrected chi connectivity index (χ2v) is 3.84. The highest BCUT2D eigenvalue weighted by Crippen LogP contribution is 2.17. The molecule has 1 aromatic rings. The normalized spacial score (nSPS) is 12.8. The number of nitrogens with two attached hydrogens (primary N) is 1. The van der Waals surface area contributed by atoms with Gasteiger partial charge in [0.2, 0.25) is 0 Å². The first-order valence-corrected chi connectivity index (χ1v) is 5.62. The third kappa shape index (κ3) is 3.15. The lowest BCUT2D eigenvalue weighted by molar-refractivity contribution is 0.603. The van der Waals surface area contributed by atoms with Crippen LogP contribution in [-0.4, -0.2) is 0 Å². The van der Waals surface area contributed by atoms with Crippen LogP contribution in [0.2, 0.25) is 0 Å². The molecular weight excluding hydrogens is 170 g/mol. The third-order valence-corrected chi connectivity index (χ3v) is 2.68. The van der Waals surface area contributed by atoms with E-state index in [4.69, 9.17) is 5.73 Å². The zero-order chi connectivity index (χ0) is 10.4. The quantitative estimate of drug-likeness (QED) is 0.758. The molecule has 78 valence electrons. The maximum Gasteiger partial charge on any atom is 0.0294 e. The van der Waals surface area contributed by atoms with Crippen LogP contribution in [0.5, 0.6) is 0 Å². The molecular formula is C13H21N. The van der Waals surface area contributed by atoms with Crippen LogP contribution in [-0.2, 0) is 6.42 Å². The zero-order valence-electron chi connectivity index (χ0n) is 9.29. The van der Waals surface area contributed by atoms with Gasteiger partial charge in [-0.3, -0.25) is 0 Å². The molecule has 1 heteroatoms. The van der Waals surface area contributed by atoms with Crippen molar-refractivity contribution in [1.29, 1.82) is 0 Å². The molecule has 0 bridgehead atoms. The van der Waals surface area contributed by atoms with Gasteiger partial charge in [0.15, 0.2) is 0 Å². The molecule has 0 aliphatic heterocycles. The standard InChI is InChI=1S/C13H21N/c1-3-5-6-13(14)12-9-7-11(4-2)8-10-12/h7-10,13H,3-6,14H2,1-2H3/t13-/m0/s1. The number of aryl methyl sites for hydroxylation is 1. The molecule has 1 rings (SSSR count). The number of unbranched alkanes of at least 4 members (excludes halogenated alkanes) is 1. The van der Waals surface area contributed by atoms with Gasteiger partial charge in [0.05, 0.1) is 0 Å². The Kier molecular flexibility index (Phi) is 4.68. The molecule has 0 aromatic heterocycles. The summed E-state index contributed by atoms with van der Waals surface area (Å²) in [6.07, 6.45) is 4.64. The lowest BCUT2D eigenvalue weighted by Gasteiger charge is -2.11. The summed E-state index contributed by atoms with van der Waals surface area (Å²) in [4.78, 5) is 0. The van der Waals surface area contributed by atoms with Crippen molar-refractivity contribution in [3.8, 4) is 0 Å². The van der Waals surface area contributed by atoms with E-state index in [2.05, 4.69) is 38.1 Å². The van der Waals surface area contributed by atoms with Crippen LogP contribution in [0.4, 0.5) is 0 Å². The van der Waals surface area contributed by atoms with Crippen molar-refractivity contribution in [2.45, 2.75) is 45.6 Å².